The highest BCUT2D eigenvalue weighted by molar-refractivity contribution is 6.37. The zero-order valence-corrected chi connectivity index (χ0v) is 11.5. The number of aromatic nitrogens is 1. The highest BCUT2D eigenvalue weighted by Gasteiger charge is 2.26. The van der Waals surface area contributed by atoms with Gasteiger partial charge in [0, 0.05) is 22.7 Å². The molecule has 0 spiro atoms. The van der Waals surface area contributed by atoms with E-state index in [1.807, 2.05) is 0 Å². The Morgan fingerprint density at radius 1 is 1.20 bits per heavy atom. The van der Waals surface area contributed by atoms with E-state index in [0.717, 1.165) is 0 Å². The number of halogens is 2. The van der Waals surface area contributed by atoms with Gasteiger partial charge in [-0.15, -0.1) is 4.40 Å². The molecule has 100 valence electrons. The van der Waals surface area contributed by atoms with Crippen LogP contribution in [0.15, 0.2) is 47.0 Å². The number of hydrogen-bond donors (Lipinski definition) is 0. The van der Waals surface area contributed by atoms with Crippen LogP contribution < -0.4 is 9.51 Å². The van der Waals surface area contributed by atoms with Gasteiger partial charge in [0.1, 0.15) is 5.95 Å². The Morgan fingerprint density at radius 2 is 2.00 bits per heavy atom. The van der Waals surface area contributed by atoms with E-state index < -0.39 is 11.7 Å². The molecule has 0 aliphatic heterocycles. The van der Waals surface area contributed by atoms with Crippen LogP contribution in [-0.4, -0.2) is 5.78 Å². The van der Waals surface area contributed by atoms with Crippen LogP contribution in [0.4, 0.5) is 0 Å². The summed E-state index contributed by atoms with van der Waals surface area (Å²) in [5.74, 6) is -1.21. The Bertz CT molecular complexity index is 826. The lowest BCUT2D eigenvalue weighted by molar-refractivity contribution is -0.517. The fourth-order valence-electron chi connectivity index (χ4n) is 1.94. The molecule has 0 atom stereocenters. The van der Waals surface area contributed by atoms with Crippen LogP contribution in [0.1, 0.15) is 16.1 Å². The van der Waals surface area contributed by atoms with E-state index in [1.54, 1.807) is 24.4 Å². The van der Waals surface area contributed by atoms with Gasteiger partial charge in [0.2, 0.25) is 0 Å². The molecule has 3 rings (SSSR count). The molecule has 0 aliphatic carbocycles. The molecule has 0 unspecified atom stereocenters. The largest absolute Gasteiger partial charge is 0.540 e. The summed E-state index contributed by atoms with van der Waals surface area (Å²) in [5.41, 5.74) is 0.406. The first-order valence-electron chi connectivity index (χ1n) is 5.68. The number of pyridine rings is 1. The van der Waals surface area contributed by atoms with Gasteiger partial charge in [-0.2, -0.15) is 0 Å². The van der Waals surface area contributed by atoms with Crippen molar-refractivity contribution in [2.24, 2.45) is 0 Å². The molecule has 2 aromatic heterocycles. The molecule has 0 amide bonds. The third kappa shape index (κ3) is 2.03. The number of carbonyl (C=O) groups excluding carboxylic acids is 1. The van der Waals surface area contributed by atoms with Gasteiger partial charge in [-0.3, -0.25) is 4.79 Å². The molecule has 0 radical (unpaired) electrons. The number of ketones is 1. The summed E-state index contributed by atoms with van der Waals surface area (Å²) in [5, 5.41) is 12.5. The summed E-state index contributed by atoms with van der Waals surface area (Å²) in [7, 11) is 0. The van der Waals surface area contributed by atoms with Gasteiger partial charge < -0.3 is 9.52 Å². The van der Waals surface area contributed by atoms with Crippen molar-refractivity contribution in [3.05, 3.63) is 63.9 Å². The van der Waals surface area contributed by atoms with Crippen molar-refractivity contribution < 1.29 is 18.7 Å². The van der Waals surface area contributed by atoms with Crippen molar-refractivity contribution in [1.29, 1.82) is 0 Å². The second kappa shape index (κ2) is 4.81. The van der Waals surface area contributed by atoms with Gasteiger partial charge >= 0.3 is 0 Å². The van der Waals surface area contributed by atoms with Crippen LogP contribution >= 0.6 is 23.2 Å². The Morgan fingerprint density at radius 3 is 2.75 bits per heavy atom. The molecule has 0 bridgehead atoms. The first-order chi connectivity index (χ1) is 9.58. The predicted molar refractivity (Wildman–Crippen MR) is 71.2 cm³/mol. The summed E-state index contributed by atoms with van der Waals surface area (Å²) in [4.78, 5) is 12.5. The first kappa shape index (κ1) is 13.0. The number of rotatable bonds is 2. The maximum Gasteiger partial charge on any atom is 0.282 e. The first-order valence-corrected chi connectivity index (χ1v) is 6.43. The number of nitrogens with zero attached hydrogens (tertiary/aromatic N) is 1. The molecule has 0 aliphatic rings. The normalized spacial score (nSPS) is 10.9. The maximum atomic E-state index is 12.5. The lowest BCUT2D eigenvalue weighted by atomic mass is 10.1. The summed E-state index contributed by atoms with van der Waals surface area (Å²) in [6, 6.07) is 9.48. The molecule has 1 aromatic carbocycles. The number of benzene rings is 1. The second-order valence-corrected chi connectivity index (χ2v) is 4.94. The monoisotopic (exact) mass is 307 g/mol. The van der Waals surface area contributed by atoms with Crippen LogP contribution in [0.2, 0.25) is 10.0 Å². The van der Waals surface area contributed by atoms with E-state index in [9.17, 15) is 9.90 Å². The zero-order chi connectivity index (χ0) is 14.3. The SMILES string of the molecule is O=C(c1ccc(Cl)cc1Cl)c1c([O-])oc2cccc[n+]12. The van der Waals surface area contributed by atoms with Crippen molar-refractivity contribution in [2.45, 2.75) is 0 Å². The summed E-state index contributed by atoms with van der Waals surface area (Å²) >= 11 is 11.8. The fourth-order valence-corrected chi connectivity index (χ4v) is 2.43. The van der Waals surface area contributed by atoms with E-state index >= 15 is 0 Å². The van der Waals surface area contributed by atoms with Gasteiger partial charge in [0.05, 0.1) is 5.02 Å². The molecule has 0 N–H and O–H groups in total. The van der Waals surface area contributed by atoms with E-state index in [0.29, 0.717) is 10.7 Å². The number of fused-ring (bicyclic) bond motifs is 1. The third-order valence-corrected chi connectivity index (χ3v) is 3.39. The quantitative estimate of drug-likeness (QED) is 0.540. The lowest BCUT2D eigenvalue weighted by Gasteiger charge is -2.01. The average molecular weight is 308 g/mol. The van der Waals surface area contributed by atoms with E-state index in [4.69, 9.17) is 27.6 Å². The highest BCUT2D eigenvalue weighted by atomic mass is 35.5. The average Bonchev–Trinajstić information content (AvgIpc) is 2.73. The molecule has 20 heavy (non-hydrogen) atoms. The minimum Gasteiger partial charge on any atom is -0.540 e. The lowest BCUT2D eigenvalue weighted by Crippen LogP contribution is -2.28. The zero-order valence-electron chi connectivity index (χ0n) is 9.97. The van der Waals surface area contributed by atoms with Crippen molar-refractivity contribution in [1.82, 2.24) is 0 Å². The van der Waals surface area contributed by atoms with E-state index in [1.165, 1.54) is 22.6 Å². The Labute approximate surface area is 123 Å². The highest BCUT2D eigenvalue weighted by Crippen LogP contribution is 2.25. The van der Waals surface area contributed by atoms with Crippen LogP contribution in [0, 0.1) is 0 Å². The van der Waals surface area contributed by atoms with Crippen LogP contribution in [0.3, 0.4) is 0 Å². The van der Waals surface area contributed by atoms with Gasteiger partial charge in [-0.05, 0) is 24.3 Å². The summed E-state index contributed by atoms with van der Waals surface area (Å²) in [6.45, 7) is 0. The standard InChI is InChI=1S/C14H7Cl2NO3/c15-8-4-5-9(10(16)7-8)13(18)12-14(19)20-11-3-1-2-6-17(11)12/h1-7H. The molecule has 0 saturated carbocycles. The molecular formula is C14H7Cl2NO3. The fraction of sp³-hybridized carbons (Fsp3) is 0. The molecule has 6 heteroatoms. The molecular weight excluding hydrogens is 301 g/mol. The Balaban J connectivity index is 2.20. The smallest absolute Gasteiger partial charge is 0.282 e. The van der Waals surface area contributed by atoms with Crippen LogP contribution in [-0.2, 0) is 0 Å². The molecule has 2 heterocycles. The minimum absolute atomic E-state index is 0.0928. The summed E-state index contributed by atoms with van der Waals surface area (Å²) < 4.78 is 6.42. The van der Waals surface area contributed by atoms with Gasteiger partial charge in [0.15, 0.2) is 6.20 Å². The van der Waals surface area contributed by atoms with Crippen molar-refractivity contribution in [3.8, 4) is 5.95 Å². The van der Waals surface area contributed by atoms with Crippen LogP contribution in [0.5, 0.6) is 5.95 Å². The molecule has 4 nitrogen and oxygen atoms in total. The predicted octanol–water partition coefficient (Wildman–Crippen LogP) is 2.63. The number of carbonyl (C=O) groups is 1. The third-order valence-electron chi connectivity index (χ3n) is 2.84. The topological polar surface area (TPSA) is 57.4 Å². The van der Waals surface area contributed by atoms with Crippen LogP contribution in [0.25, 0.3) is 5.71 Å². The Hall–Kier alpha value is -2.04. The van der Waals surface area contributed by atoms with Gasteiger partial charge in [-0.1, -0.05) is 23.2 Å². The maximum absolute atomic E-state index is 12.5. The van der Waals surface area contributed by atoms with E-state index in [2.05, 4.69) is 0 Å². The van der Waals surface area contributed by atoms with Crippen molar-refractivity contribution in [2.75, 3.05) is 0 Å². The van der Waals surface area contributed by atoms with E-state index in [-0.39, 0.29) is 16.3 Å². The summed E-state index contributed by atoms with van der Waals surface area (Å²) in [6.07, 6.45) is 1.58. The van der Waals surface area contributed by atoms with Gasteiger partial charge in [-0.25, -0.2) is 0 Å². The van der Waals surface area contributed by atoms with Gasteiger partial charge in [0.25, 0.3) is 17.2 Å². The number of oxazole rings is 1. The van der Waals surface area contributed by atoms with Crippen molar-refractivity contribution >= 4 is 34.7 Å². The molecule has 0 saturated heterocycles. The Kier molecular flexibility index (Phi) is 3.12. The number of hydrogen-bond acceptors (Lipinski definition) is 3. The molecule has 0 fully saturated rings. The van der Waals surface area contributed by atoms with Crippen molar-refractivity contribution in [3.63, 3.8) is 0 Å². The minimum atomic E-state index is -0.702. The second-order valence-electron chi connectivity index (χ2n) is 4.10. The molecule has 3 aromatic rings.